The van der Waals surface area contributed by atoms with E-state index in [0.29, 0.717) is 0 Å². The van der Waals surface area contributed by atoms with Crippen LogP contribution in [0.2, 0.25) is 0 Å². The summed E-state index contributed by atoms with van der Waals surface area (Å²) in [6.45, 7) is 0. The van der Waals surface area contributed by atoms with E-state index in [9.17, 15) is 0 Å². The van der Waals surface area contributed by atoms with E-state index in [0.717, 1.165) is 20.8 Å². The summed E-state index contributed by atoms with van der Waals surface area (Å²) >= 11 is 4.95. The van der Waals surface area contributed by atoms with E-state index in [1.54, 1.807) is 11.8 Å². The number of benzene rings is 1. The maximum absolute atomic E-state index is 4.24. The van der Waals surface area contributed by atoms with Crippen molar-refractivity contribution in [1.82, 2.24) is 9.97 Å². The highest BCUT2D eigenvalue weighted by Crippen LogP contribution is 2.21. The molecule has 0 radical (unpaired) electrons. The molecule has 2 nitrogen and oxygen atoms in total. The molecule has 0 fully saturated rings. The van der Waals surface area contributed by atoms with Crippen molar-refractivity contribution < 1.29 is 0 Å². The second-order valence-corrected chi connectivity index (χ2v) is 4.65. The molecule has 1 heterocycles. The molecule has 1 aromatic heterocycles. The standard InChI is InChI=1S/C11H9BrN2S/c1-15-11-13-6-9(7-14-11)8-2-4-10(12)5-3-8/h2-7H,1H3. The van der Waals surface area contributed by atoms with Gasteiger partial charge in [-0.25, -0.2) is 9.97 Å². The van der Waals surface area contributed by atoms with Gasteiger partial charge in [-0.1, -0.05) is 39.8 Å². The molecule has 0 unspecified atom stereocenters. The van der Waals surface area contributed by atoms with Crippen LogP contribution in [0.1, 0.15) is 0 Å². The second kappa shape index (κ2) is 4.77. The van der Waals surface area contributed by atoms with Gasteiger partial charge in [0.05, 0.1) is 0 Å². The Hall–Kier alpha value is -0.870. The van der Waals surface area contributed by atoms with Gasteiger partial charge in [0.1, 0.15) is 0 Å². The average Bonchev–Trinajstić information content (AvgIpc) is 2.30. The number of halogens is 1. The number of hydrogen-bond donors (Lipinski definition) is 0. The monoisotopic (exact) mass is 280 g/mol. The van der Waals surface area contributed by atoms with Gasteiger partial charge in [-0.05, 0) is 24.0 Å². The summed E-state index contributed by atoms with van der Waals surface area (Å²) < 4.78 is 1.08. The molecule has 2 rings (SSSR count). The highest BCUT2D eigenvalue weighted by atomic mass is 79.9. The SMILES string of the molecule is CSc1ncc(-c2ccc(Br)cc2)cn1. The minimum Gasteiger partial charge on any atom is -0.230 e. The fourth-order valence-electron chi connectivity index (χ4n) is 1.21. The van der Waals surface area contributed by atoms with Crippen LogP contribution < -0.4 is 0 Å². The molecule has 0 aliphatic heterocycles. The van der Waals surface area contributed by atoms with Gasteiger partial charge in [0, 0.05) is 22.4 Å². The minimum absolute atomic E-state index is 0.802. The van der Waals surface area contributed by atoms with E-state index >= 15 is 0 Å². The maximum atomic E-state index is 4.24. The molecule has 0 spiro atoms. The zero-order chi connectivity index (χ0) is 10.7. The number of aromatic nitrogens is 2. The summed E-state index contributed by atoms with van der Waals surface area (Å²) in [5, 5.41) is 0.802. The lowest BCUT2D eigenvalue weighted by Gasteiger charge is -2.01. The van der Waals surface area contributed by atoms with E-state index in [4.69, 9.17) is 0 Å². The summed E-state index contributed by atoms with van der Waals surface area (Å²) in [6, 6.07) is 8.11. The molecule has 0 atom stereocenters. The normalized spacial score (nSPS) is 10.3. The van der Waals surface area contributed by atoms with Gasteiger partial charge >= 0.3 is 0 Å². The Kier molecular flexibility index (Phi) is 3.38. The molecule has 15 heavy (non-hydrogen) atoms. The molecule has 0 aliphatic carbocycles. The number of thioether (sulfide) groups is 1. The Balaban J connectivity index is 2.33. The average molecular weight is 281 g/mol. The molecular weight excluding hydrogens is 272 g/mol. The van der Waals surface area contributed by atoms with Gasteiger partial charge in [-0.15, -0.1) is 0 Å². The van der Waals surface area contributed by atoms with Crippen molar-refractivity contribution >= 4 is 27.7 Å². The molecule has 1 aromatic carbocycles. The van der Waals surface area contributed by atoms with Gasteiger partial charge in [0.15, 0.2) is 5.16 Å². The topological polar surface area (TPSA) is 25.8 Å². The third kappa shape index (κ3) is 2.58. The summed E-state index contributed by atoms with van der Waals surface area (Å²) in [7, 11) is 0. The van der Waals surface area contributed by atoms with E-state index in [1.807, 2.05) is 42.9 Å². The Morgan fingerprint density at radius 2 is 1.60 bits per heavy atom. The van der Waals surface area contributed by atoms with Crippen LogP contribution in [0.5, 0.6) is 0 Å². The van der Waals surface area contributed by atoms with Crippen molar-refractivity contribution in [1.29, 1.82) is 0 Å². The van der Waals surface area contributed by atoms with Crippen LogP contribution in [-0.2, 0) is 0 Å². The molecule has 0 saturated carbocycles. The third-order valence-corrected chi connectivity index (χ3v) is 3.09. The Morgan fingerprint density at radius 3 is 2.13 bits per heavy atom. The van der Waals surface area contributed by atoms with Crippen molar-refractivity contribution in [2.75, 3.05) is 6.26 Å². The van der Waals surface area contributed by atoms with Crippen LogP contribution in [0, 0.1) is 0 Å². The molecule has 76 valence electrons. The molecular formula is C11H9BrN2S. The van der Waals surface area contributed by atoms with Crippen LogP contribution in [0.15, 0.2) is 46.3 Å². The van der Waals surface area contributed by atoms with E-state index < -0.39 is 0 Å². The maximum Gasteiger partial charge on any atom is 0.187 e. The molecule has 0 N–H and O–H groups in total. The lowest BCUT2D eigenvalue weighted by molar-refractivity contribution is 0.973. The molecule has 0 saturated heterocycles. The predicted octanol–water partition coefficient (Wildman–Crippen LogP) is 3.63. The largest absolute Gasteiger partial charge is 0.230 e. The summed E-state index contributed by atoms with van der Waals surface area (Å²) in [4.78, 5) is 8.47. The van der Waals surface area contributed by atoms with E-state index in [2.05, 4.69) is 25.9 Å². The molecule has 2 aromatic rings. The molecule has 0 amide bonds. The zero-order valence-corrected chi connectivity index (χ0v) is 10.5. The van der Waals surface area contributed by atoms with Crippen LogP contribution >= 0.6 is 27.7 Å². The number of nitrogens with zero attached hydrogens (tertiary/aromatic N) is 2. The quantitative estimate of drug-likeness (QED) is 0.621. The Bertz CT molecular complexity index is 439. The number of rotatable bonds is 2. The van der Waals surface area contributed by atoms with Gasteiger partial charge in [-0.3, -0.25) is 0 Å². The highest BCUT2D eigenvalue weighted by molar-refractivity contribution is 9.10. The fourth-order valence-corrected chi connectivity index (χ4v) is 1.79. The van der Waals surface area contributed by atoms with Crippen molar-refractivity contribution in [3.05, 3.63) is 41.1 Å². The Labute approximate surface area is 101 Å². The third-order valence-electron chi connectivity index (χ3n) is 1.99. The first-order chi connectivity index (χ1) is 7.29. The van der Waals surface area contributed by atoms with Crippen LogP contribution in [0.25, 0.3) is 11.1 Å². The first-order valence-corrected chi connectivity index (χ1v) is 6.43. The first-order valence-electron chi connectivity index (χ1n) is 4.41. The highest BCUT2D eigenvalue weighted by Gasteiger charge is 1.99. The van der Waals surface area contributed by atoms with E-state index in [-0.39, 0.29) is 0 Å². The lowest BCUT2D eigenvalue weighted by Crippen LogP contribution is -1.86. The fraction of sp³-hybridized carbons (Fsp3) is 0.0909. The molecule has 0 bridgehead atoms. The number of hydrogen-bond acceptors (Lipinski definition) is 3. The summed E-state index contributed by atoms with van der Waals surface area (Å²) in [5.74, 6) is 0. The van der Waals surface area contributed by atoms with Crippen molar-refractivity contribution in [3.63, 3.8) is 0 Å². The Morgan fingerprint density at radius 1 is 1.00 bits per heavy atom. The van der Waals surface area contributed by atoms with Gasteiger partial charge in [-0.2, -0.15) is 0 Å². The molecule has 4 heteroatoms. The lowest BCUT2D eigenvalue weighted by atomic mass is 10.1. The van der Waals surface area contributed by atoms with Gasteiger partial charge in [0.25, 0.3) is 0 Å². The van der Waals surface area contributed by atoms with Gasteiger partial charge < -0.3 is 0 Å². The smallest absolute Gasteiger partial charge is 0.187 e. The van der Waals surface area contributed by atoms with E-state index in [1.165, 1.54) is 0 Å². The van der Waals surface area contributed by atoms with Crippen LogP contribution in [-0.4, -0.2) is 16.2 Å². The van der Waals surface area contributed by atoms with Crippen molar-refractivity contribution in [2.24, 2.45) is 0 Å². The second-order valence-electron chi connectivity index (χ2n) is 2.97. The zero-order valence-electron chi connectivity index (χ0n) is 8.14. The van der Waals surface area contributed by atoms with Gasteiger partial charge in [0.2, 0.25) is 0 Å². The minimum atomic E-state index is 0.802. The van der Waals surface area contributed by atoms with Crippen molar-refractivity contribution in [2.45, 2.75) is 5.16 Å². The summed E-state index contributed by atoms with van der Waals surface area (Å²) in [6.07, 6.45) is 5.67. The van der Waals surface area contributed by atoms with Crippen molar-refractivity contribution in [3.8, 4) is 11.1 Å². The van der Waals surface area contributed by atoms with Crippen LogP contribution in [0.3, 0.4) is 0 Å². The van der Waals surface area contributed by atoms with Crippen LogP contribution in [0.4, 0.5) is 0 Å². The first kappa shape index (κ1) is 10.6. The molecule has 0 aliphatic rings. The predicted molar refractivity (Wildman–Crippen MR) is 66.9 cm³/mol. The summed E-state index contributed by atoms with van der Waals surface area (Å²) in [5.41, 5.74) is 2.17.